The van der Waals surface area contributed by atoms with Crippen molar-refractivity contribution in [3.63, 3.8) is 0 Å². The highest BCUT2D eigenvalue weighted by molar-refractivity contribution is 5.68. The van der Waals surface area contributed by atoms with Crippen LogP contribution in [0.3, 0.4) is 0 Å². The average Bonchev–Trinajstić information content (AvgIpc) is 2.59. The molecule has 0 saturated heterocycles. The first kappa shape index (κ1) is 10.6. The third-order valence-corrected chi connectivity index (χ3v) is 2.45. The van der Waals surface area contributed by atoms with Crippen LogP contribution in [0.2, 0.25) is 0 Å². The van der Waals surface area contributed by atoms with Crippen molar-refractivity contribution in [1.82, 2.24) is 10.2 Å². The van der Waals surface area contributed by atoms with E-state index in [-0.39, 0.29) is 5.56 Å². The van der Waals surface area contributed by atoms with Crippen molar-refractivity contribution in [1.29, 1.82) is 0 Å². The molecule has 1 aromatic carbocycles. The smallest absolute Gasteiger partial charge is 0.149 e. The van der Waals surface area contributed by atoms with E-state index in [0.29, 0.717) is 17.9 Å². The maximum absolute atomic E-state index is 13.5. The number of aromatic nitrogens is 2. The van der Waals surface area contributed by atoms with E-state index in [4.69, 9.17) is 5.73 Å². The number of hydrogen-bond acceptors (Lipinski definition) is 2. The number of nitrogens with zero attached hydrogens (tertiary/aromatic N) is 1. The molecule has 0 unspecified atom stereocenters. The summed E-state index contributed by atoms with van der Waals surface area (Å²) in [5, 5.41) is 6.48. The Balaban J connectivity index is 2.58. The number of nitrogens with two attached hydrogens (primary N) is 1. The summed E-state index contributed by atoms with van der Waals surface area (Å²) in [4.78, 5) is 0. The standard InChI is InChI=1S/C11H11F2N3/c1-2-7-10(15-16-11(7)14)8-4-3-6(12)5-9(8)13/h3-5H,2H2,1H3,(H3,14,15,16). The van der Waals surface area contributed by atoms with E-state index in [0.717, 1.165) is 11.6 Å². The summed E-state index contributed by atoms with van der Waals surface area (Å²) in [7, 11) is 0. The van der Waals surface area contributed by atoms with Crippen molar-refractivity contribution in [3.05, 3.63) is 35.4 Å². The van der Waals surface area contributed by atoms with E-state index >= 15 is 0 Å². The molecule has 0 bridgehead atoms. The molecular formula is C11H11F2N3. The van der Waals surface area contributed by atoms with Crippen LogP contribution in [0.4, 0.5) is 14.6 Å². The lowest BCUT2D eigenvalue weighted by atomic mass is 10.1. The lowest BCUT2D eigenvalue weighted by molar-refractivity contribution is 0.585. The van der Waals surface area contributed by atoms with Crippen LogP contribution in [0.25, 0.3) is 11.3 Å². The number of anilines is 1. The van der Waals surface area contributed by atoms with E-state index in [9.17, 15) is 8.78 Å². The molecule has 3 nitrogen and oxygen atoms in total. The molecule has 0 saturated carbocycles. The fraction of sp³-hybridized carbons (Fsp3) is 0.182. The lowest BCUT2D eigenvalue weighted by Crippen LogP contribution is -1.93. The Labute approximate surface area is 91.3 Å². The predicted octanol–water partition coefficient (Wildman–Crippen LogP) is 2.50. The zero-order chi connectivity index (χ0) is 11.7. The highest BCUT2D eigenvalue weighted by Crippen LogP contribution is 2.28. The number of benzene rings is 1. The molecule has 0 aliphatic rings. The summed E-state index contributed by atoms with van der Waals surface area (Å²) < 4.78 is 26.3. The van der Waals surface area contributed by atoms with Crippen molar-refractivity contribution in [2.75, 3.05) is 5.73 Å². The van der Waals surface area contributed by atoms with Gasteiger partial charge in [0.25, 0.3) is 0 Å². The van der Waals surface area contributed by atoms with Gasteiger partial charge in [-0.2, -0.15) is 5.10 Å². The molecule has 0 spiro atoms. The number of rotatable bonds is 2. The van der Waals surface area contributed by atoms with Crippen LogP contribution in [0, 0.1) is 11.6 Å². The predicted molar refractivity (Wildman–Crippen MR) is 57.7 cm³/mol. The van der Waals surface area contributed by atoms with Gasteiger partial charge in [-0.3, -0.25) is 5.10 Å². The van der Waals surface area contributed by atoms with E-state index in [1.807, 2.05) is 6.92 Å². The Kier molecular flexibility index (Phi) is 2.60. The highest BCUT2D eigenvalue weighted by Gasteiger charge is 2.14. The zero-order valence-electron chi connectivity index (χ0n) is 8.72. The largest absolute Gasteiger partial charge is 0.382 e. The summed E-state index contributed by atoms with van der Waals surface area (Å²) in [6.45, 7) is 1.89. The molecule has 84 valence electrons. The summed E-state index contributed by atoms with van der Waals surface area (Å²) in [5.41, 5.74) is 7.16. The van der Waals surface area contributed by atoms with Crippen LogP contribution in [-0.2, 0) is 6.42 Å². The second kappa shape index (κ2) is 3.92. The van der Waals surface area contributed by atoms with Gasteiger partial charge in [0.15, 0.2) is 0 Å². The zero-order valence-corrected chi connectivity index (χ0v) is 8.72. The van der Waals surface area contributed by atoms with Gasteiger partial charge in [-0.25, -0.2) is 8.78 Å². The molecule has 0 radical (unpaired) electrons. The first-order chi connectivity index (χ1) is 7.63. The fourth-order valence-electron chi connectivity index (χ4n) is 1.65. The molecule has 0 amide bonds. The summed E-state index contributed by atoms with van der Waals surface area (Å²) in [6.07, 6.45) is 0.633. The SMILES string of the molecule is CCc1c(N)n[nH]c1-c1ccc(F)cc1F. The quantitative estimate of drug-likeness (QED) is 0.821. The van der Waals surface area contributed by atoms with Crippen molar-refractivity contribution in [3.8, 4) is 11.3 Å². The number of H-pyrrole nitrogens is 1. The van der Waals surface area contributed by atoms with Crippen LogP contribution in [0.1, 0.15) is 12.5 Å². The number of halogens is 2. The van der Waals surface area contributed by atoms with Crippen LogP contribution in [0.5, 0.6) is 0 Å². The number of hydrogen-bond donors (Lipinski definition) is 2. The highest BCUT2D eigenvalue weighted by atomic mass is 19.1. The van der Waals surface area contributed by atoms with Crippen LogP contribution in [0.15, 0.2) is 18.2 Å². The van der Waals surface area contributed by atoms with Gasteiger partial charge >= 0.3 is 0 Å². The molecule has 0 atom stereocenters. The van der Waals surface area contributed by atoms with Gasteiger partial charge in [-0.1, -0.05) is 6.92 Å². The Morgan fingerprint density at radius 3 is 2.75 bits per heavy atom. The normalized spacial score (nSPS) is 10.7. The van der Waals surface area contributed by atoms with E-state index in [1.165, 1.54) is 12.1 Å². The average molecular weight is 223 g/mol. The van der Waals surface area contributed by atoms with Crippen LogP contribution in [-0.4, -0.2) is 10.2 Å². The maximum Gasteiger partial charge on any atom is 0.149 e. The van der Waals surface area contributed by atoms with Gasteiger partial charge in [0.1, 0.15) is 17.5 Å². The lowest BCUT2D eigenvalue weighted by Gasteiger charge is -2.03. The third-order valence-electron chi connectivity index (χ3n) is 2.45. The molecule has 0 aliphatic carbocycles. The second-order valence-corrected chi connectivity index (χ2v) is 3.44. The molecule has 3 N–H and O–H groups in total. The summed E-state index contributed by atoms with van der Waals surface area (Å²) in [5.74, 6) is -0.883. The van der Waals surface area contributed by atoms with Gasteiger partial charge in [0, 0.05) is 17.2 Å². The van der Waals surface area contributed by atoms with Crippen LogP contribution >= 0.6 is 0 Å². The molecule has 16 heavy (non-hydrogen) atoms. The van der Waals surface area contributed by atoms with E-state index in [1.54, 1.807) is 0 Å². The fourth-order valence-corrected chi connectivity index (χ4v) is 1.65. The molecular weight excluding hydrogens is 212 g/mol. The molecule has 1 heterocycles. The van der Waals surface area contributed by atoms with Crippen molar-refractivity contribution < 1.29 is 8.78 Å². The maximum atomic E-state index is 13.5. The van der Waals surface area contributed by atoms with Crippen molar-refractivity contribution in [2.45, 2.75) is 13.3 Å². The van der Waals surface area contributed by atoms with Crippen molar-refractivity contribution in [2.24, 2.45) is 0 Å². The Bertz CT molecular complexity index is 520. The van der Waals surface area contributed by atoms with Gasteiger partial charge in [-0.05, 0) is 18.6 Å². The topological polar surface area (TPSA) is 54.7 Å². The summed E-state index contributed by atoms with van der Waals surface area (Å²) in [6, 6.07) is 3.41. The summed E-state index contributed by atoms with van der Waals surface area (Å²) >= 11 is 0. The number of nitrogen functional groups attached to an aromatic ring is 1. The second-order valence-electron chi connectivity index (χ2n) is 3.44. The Morgan fingerprint density at radius 2 is 2.12 bits per heavy atom. The monoisotopic (exact) mass is 223 g/mol. The molecule has 5 heteroatoms. The first-order valence-electron chi connectivity index (χ1n) is 4.91. The van der Waals surface area contributed by atoms with E-state index in [2.05, 4.69) is 10.2 Å². The minimum absolute atomic E-state index is 0.280. The molecule has 2 rings (SSSR count). The van der Waals surface area contributed by atoms with Gasteiger partial charge in [0.2, 0.25) is 0 Å². The number of nitrogens with one attached hydrogen (secondary N) is 1. The van der Waals surface area contributed by atoms with Crippen LogP contribution < -0.4 is 5.73 Å². The Morgan fingerprint density at radius 1 is 1.38 bits per heavy atom. The van der Waals surface area contributed by atoms with Gasteiger partial charge < -0.3 is 5.73 Å². The molecule has 0 fully saturated rings. The molecule has 1 aromatic heterocycles. The minimum Gasteiger partial charge on any atom is -0.382 e. The van der Waals surface area contributed by atoms with Crippen molar-refractivity contribution >= 4 is 5.82 Å². The molecule has 0 aliphatic heterocycles. The molecule has 2 aromatic rings. The van der Waals surface area contributed by atoms with Gasteiger partial charge in [0.05, 0.1) is 5.69 Å². The number of aromatic amines is 1. The first-order valence-corrected chi connectivity index (χ1v) is 4.91. The third kappa shape index (κ3) is 1.64. The minimum atomic E-state index is -0.627. The Hall–Kier alpha value is -1.91. The van der Waals surface area contributed by atoms with Gasteiger partial charge in [-0.15, -0.1) is 0 Å². The van der Waals surface area contributed by atoms with E-state index < -0.39 is 11.6 Å².